The van der Waals surface area contributed by atoms with Gasteiger partial charge in [0.15, 0.2) is 0 Å². The van der Waals surface area contributed by atoms with Crippen molar-refractivity contribution in [2.24, 2.45) is 11.8 Å². The molecule has 3 aliphatic rings. The zero-order valence-corrected chi connectivity index (χ0v) is 23.6. The number of amides is 3. The number of hydrogen-bond donors (Lipinski definition) is 0. The lowest BCUT2D eigenvalue weighted by molar-refractivity contribution is -0.147. The van der Waals surface area contributed by atoms with Gasteiger partial charge in [-0.15, -0.1) is 0 Å². The number of carbonyl (C=O) groups is 3. The minimum Gasteiger partial charge on any atom is -0.410 e. The monoisotopic (exact) mass is 571 g/mol. The Bertz CT molecular complexity index is 1210. The first-order valence-electron chi connectivity index (χ1n) is 13.8. The van der Waals surface area contributed by atoms with Gasteiger partial charge in [0.1, 0.15) is 11.6 Å². The van der Waals surface area contributed by atoms with Crippen LogP contribution in [0.4, 0.5) is 9.18 Å². The number of carbonyl (C=O) groups excluding carboxylic acids is 3. The summed E-state index contributed by atoms with van der Waals surface area (Å²) in [5.41, 5.74) is 0.974. The number of hydrogen-bond acceptors (Lipinski definition) is 5. The van der Waals surface area contributed by atoms with Gasteiger partial charge in [0, 0.05) is 63.1 Å². The minimum atomic E-state index is -0.580. The highest BCUT2D eigenvalue weighted by Crippen LogP contribution is 2.35. The third-order valence-corrected chi connectivity index (χ3v) is 8.89. The molecule has 0 radical (unpaired) electrons. The molecule has 1 aliphatic carbocycles. The maximum atomic E-state index is 13.7. The second-order valence-electron chi connectivity index (χ2n) is 11.0. The average Bonchev–Trinajstić information content (AvgIpc) is 3.38. The van der Waals surface area contributed by atoms with Crippen LogP contribution in [0.5, 0.6) is 5.75 Å². The molecule has 3 fully saturated rings. The number of rotatable bonds is 6. The molecule has 0 bridgehead atoms. The lowest BCUT2D eigenvalue weighted by atomic mass is 9.80. The minimum absolute atomic E-state index is 0.0295. The molecular formula is C30H35ClFN3O5. The first kappa shape index (κ1) is 28.4. The highest BCUT2D eigenvalue weighted by Gasteiger charge is 2.43. The van der Waals surface area contributed by atoms with Crippen LogP contribution < -0.4 is 4.74 Å². The molecule has 0 N–H and O–H groups in total. The van der Waals surface area contributed by atoms with Gasteiger partial charge in [0.05, 0.1) is 12.1 Å². The molecule has 3 amide bonds. The molecule has 40 heavy (non-hydrogen) atoms. The van der Waals surface area contributed by atoms with Gasteiger partial charge in [-0.2, -0.15) is 0 Å². The summed E-state index contributed by atoms with van der Waals surface area (Å²) in [6.07, 6.45) is 2.39. The van der Waals surface area contributed by atoms with Crippen molar-refractivity contribution in [2.45, 2.75) is 43.7 Å². The molecule has 2 aromatic rings. The van der Waals surface area contributed by atoms with Crippen LogP contribution in [0.2, 0.25) is 5.02 Å². The van der Waals surface area contributed by atoms with Crippen molar-refractivity contribution in [3.8, 4) is 5.75 Å². The van der Waals surface area contributed by atoms with E-state index in [2.05, 4.69) is 0 Å². The van der Waals surface area contributed by atoms with Crippen LogP contribution in [-0.4, -0.2) is 85.1 Å². The van der Waals surface area contributed by atoms with E-state index in [-0.39, 0.29) is 47.5 Å². The molecule has 5 rings (SSSR count). The van der Waals surface area contributed by atoms with Crippen molar-refractivity contribution in [3.05, 3.63) is 64.9 Å². The largest absolute Gasteiger partial charge is 0.415 e. The second-order valence-corrected chi connectivity index (χ2v) is 11.5. The molecule has 10 heteroatoms. The smallest absolute Gasteiger partial charge is 0.410 e. The molecule has 0 aromatic heterocycles. The van der Waals surface area contributed by atoms with Crippen molar-refractivity contribution >= 4 is 29.5 Å². The van der Waals surface area contributed by atoms with Gasteiger partial charge in [0.2, 0.25) is 11.8 Å². The van der Waals surface area contributed by atoms with Gasteiger partial charge in [-0.05, 0) is 67.6 Å². The van der Waals surface area contributed by atoms with E-state index in [4.69, 9.17) is 21.1 Å². The number of ether oxygens (including phenoxy) is 2. The SMILES string of the molecule is COC1CC(C(=O)N2CCC(C(=O)N3CC(c4ccc(Cl)cc4)C(N(C)C(=O)Oc4ccc(F)cc4)C3)CC2)C1. The Labute approximate surface area is 238 Å². The topological polar surface area (TPSA) is 79.4 Å². The van der Waals surface area contributed by atoms with Crippen LogP contribution in [0.25, 0.3) is 0 Å². The fourth-order valence-corrected chi connectivity index (χ4v) is 6.16. The van der Waals surface area contributed by atoms with E-state index in [1.807, 2.05) is 21.9 Å². The summed E-state index contributed by atoms with van der Waals surface area (Å²) in [4.78, 5) is 44.8. The van der Waals surface area contributed by atoms with Gasteiger partial charge in [-0.3, -0.25) is 9.59 Å². The molecule has 0 spiro atoms. The Balaban J connectivity index is 1.24. The zero-order valence-electron chi connectivity index (χ0n) is 22.8. The van der Waals surface area contributed by atoms with Crippen LogP contribution in [0.15, 0.2) is 48.5 Å². The Morgan fingerprint density at radius 2 is 1.52 bits per heavy atom. The van der Waals surface area contributed by atoms with Crippen molar-refractivity contribution in [1.29, 1.82) is 0 Å². The Kier molecular flexibility index (Phi) is 8.61. The highest BCUT2D eigenvalue weighted by molar-refractivity contribution is 6.30. The van der Waals surface area contributed by atoms with E-state index in [1.165, 1.54) is 29.2 Å². The van der Waals surface area contributed by atoms with Crippen LogP contribution in [-0.2, 0) is 14.3 Å². The Hall–Kier alpha value is -3.17. The van der Waals surface area contributed by atoms with E-state index in [1.54, 1.807) is 26.3 Å². The van der Waals surface area contributed by atoms with Crippen molar-refractivity contribution < 1.29 is 28.2 Å². The summed E-state index contributed by atoms with van der Waals surface area (Å²) in [5, 5.41) is 0.608. The van der Waals surface area contributed by atoms with Crippen molar-refractivity contribution in [2.75, 3.05) is 40.3 Å². The van der Waals surface area contributed by atoms with E-state index >= 15 is 0 Å². The maximum absolute atomic E-state index is 13.7. The van der Waals surface area contributed by atoms with E-state index in [9.17, 15) is 18.8 Å². The first-order valence-corrected chi connectivity index (χ1v) is 14.2. The summed E-state index contributed by atoms with van der Waals surface area (Å²) in [5.74, 6) is -0.227. The van der Waals surface area contributed by atoms with Crippen LogP contribution in [0, 0.1) is 17.7 Å². The standard InChI is InChI=1S/C30H35ClFN3O5/c1-33(30(38)40-24-9-7-23(32)8-10-24)27-18-35(17-26(27)19-3-5-22(31)6-4-19)28(36)20-11-13-34(14-12-20)29(37)21-15-25(16-21)39-2/h3-10,20-21,25-27H,11-18H2,1-2H3. The number of methoxy groups -OCH3 is 1. The van der Waals surface area contributed by atoms with Gasteiger partial charge >= 0.3 is 6.09 Å². The molecule has 8 nitrogen and oxygen atoms in total. The zero-order chi connectivity index (χ0) is 28.4. The summed E-state index contributed by atoms with van der Waals surface area (Å²) in [7, 11) is 3.33. The van der Waals surface area contributed by atoms with E-state index in [0.29, 0.717) is 44.0 Å². The number of halogens is 2. The molecule has 2 unspecified atom stereocenters. The molecule has 1 saturated carbocycles. The molecule has 2 atom stereocenters. The number of piperidine rings is 1. The van der Waals surface area contributed by atoms with E-state index in [0.717, 1.165) is 18.4 Å². The summed E-state index contributed by atoms with van der Waals surface area (Å²) in [6, 6.07) is 12.4. The summed E-state index contributed by atoms with van der Waals surface area (Å²) < 4.78 is 24.1. The van der Waals surface area contributed by atoms with Crippen LogP contribution in [0.1, 0.15) is 37.2 Å². The quantitative estimate of drug-likeness (QED) is 0.508. The number of nitrogens with zero attached hydrogens (tertiary/aromatic N) is 3. The first-order chi connectivity index (χ1) is 19.2. The van der Waals surface area contributed by atoms with E-state index < -0.39 is 11.9 Å². The summed E-state index contributed by atoms with van der Waals surface area (Å²) in [6.45, 7) is 1.97. The molecule has 214 valence electrons. The normalized spacial score (nSPS) is 24.9. The molecule has 2 aliphatic heterocycles. The van der Waals surface area contributed by atoms with Gasteiger partial charge < -0.3 is 24.2 Å². The predicted octanol–water partition coefficient (Wildman–Crippen LogP) is 4.57. The lowest BCUT2D eigenvalue weighted by Gasteiger charge is -2.39. The third kappa shape index (κ3) is 6.10. The molecule has 2 saturated heterocycles. The second kappa shape index (κ2) is 12.1. The number of benzene rings is 2. The fourth-order valence-electron chi connectivity index (χ4n) is 6.03. The maximum Gasteiger partial charge on any atom is 0.415 e. The fraction of sp³-hybridized carbons (Fsp3) is 0.500. The number of likely N-dealkylation sites (tertiary alicyclic amines) is 2. The molecule has 2 heterocycles. The average molecular weight is 572 g/mol. The summed E-state index contributed by atoms with van der Waals surface area (Å²) >= 11 is 6.12. The van der Waals surface area contributed by atoms with Crippen molar-refractivity contribution in [3.63, 3.8) is 0 Å². The van der Waals surface area contributed by atoms with Gasteiger partial charge in [-0.25, -0.2) is 9.18 Å². The van der Waals surface area contributed by atoms with Crippen molar-refractivity contribution in [1.82, 2.24) is 14.7 Å². The van der Waals surface area contributed by atoms with Gasteiger partial charge in [0.25, 0.3) is 0 Å². The third-order valence-electron chi connectivity index (χ3n) is 8.64. The van der Waals surface area contributed by atoms with Crippen LogP contribution in [0.3, 0.4) is 0 Å². The molecule has 2 aromatic carbocycles. The highest BCUT2D eigenvalue weighted by atomic mass is 35.5. The Morgan fingerprint density at radius 3 is 2.15 bits per heavy atom. The number of likely N-dealkylation sites (N-methyl/N-ethyl adjacent to an activating group) is 1. The molecular weight excluding hydrogens is 537 g/mol. The Morgan fingerprint density at radius 1 is 0.900 bits per heavy atom. The van der Waals surface area contributed by atoms with Crippen LogP contribution >= 0.6 is 11.6 Å². The van der Waals surface area contributed by atoms with Gasteiger partial charge in [-0.1, -0.05) is 23.7 Å². The predicted molar refractivity (Wildman–Crippen MR) is 148 cm³/mol. The lowest BCUT2D eigenvalue weighted by Crippen LogP contribution is -2.49.